The molecule has 0 spiro atoms. The molecule has 3 nitrogen and oxygen atoms in total. The SMILES string of the molecule is O=C(NC(Nc1ccc(Cl)cc1Cl)C(Cl)(Cl)Cl)c1cccs1. The van der Waals surface area contributed by atoms with Crippen molar-refractivity contribution in [3.8, 4) is 0 Å². The van der Waals surface area contributed by atoms with Crippen LogP contribution in [0, 0.1) is 0 Å². The Balaban J connectivity index is 2.18. The van der Waals surface area contributed by atoms with Crippen molar-refractivity contribution < 1.29 is 4.79 Å². The van der Waals surface area contributed by atoms with Crippen molar-refractivity contribution in [3.05, 3.63) is 50.6 Å². The maximum Gasteiger partial charge on any atom is 0.263 e. The molecule has 1 aromatic carbocycles. The van der Waals surface area contributed by atoms with E-state index in [0.717, 1.165) is 0 Å². The molecule has 0 radical (unpaired) electrons. The molecule has 0 saturated carbocycles. The van der Waals surface area contributed by atoms with Gasteiger partial charge in [0, 0.05) is 5.02 Å². The molecule has 0 aliphatic heterocycles. The van der Waals surface area contributed by atoms with Gasteiger partial charge in [0.25, 0.3) is 5.91 Å². The third-order valence-electron chi connectivity index (χ3n) is 2.58. The number of hydrogen-bond acceptors (Lipinski definition) is 3. The second-order valence-electron chi connectivity index (χ2n) is 4.19. The number of anilines is 1. The molecule has 1 atom stereocenters. The molecule has 2 rings (SSSR count). The molecule has 1 unspecified atom stereocenters. The summed E-state index contributed by atoms with van der Waals surface area (Å²) < 4.78 is -1.78. The number of halogens is 5. The summed E-state index contributed by atoms with van der Waals surface area (Å²) in [5.74, 6) is -0.357. The van der Waals surface area contributed by atoms with Crippen molar-refractivity contribution in [2.24, 2.45) is 0 Å². The normalized spacial score (nSPS) is 12.8. The Morgan fingerprint density at radius 1 is 1.18 bits per heavy atom. The fourth-order valence-corrected chi connectivity index (χ4v) is 2.99. The Hall–Kier alpha value is -0.360. The van der Waals surface area contributed by atoms with E-state index in [2.05, 4.69) is 10.6 Å². The number of hydrogen-bond donors (Lipinski definition) is 2. The topological polar surface area (TPSA) is 41.1 Å². The number of rotatable bonds is 4. The van der Waals surface area contributed by atoms with Crippen molar-refractivity contribution >= 4 is 80.9 Å². The van der Waals surface area contributed by atoms with E-state index >= 15 is 0 Å². The largest absolute Gasteiger partial charge is 0.361 e. The maximum absolute atomic E-state index is 12.1. The van der Waals surface area contributed by atoms with Gasteiger partial charge in [-0.2, -0.15) is 0 Å². The standard InChI is InChI=1S/C13H9Cl5N2OS/c14-7-3-4-9(8(15)6-7)19-12(13(16,17)18)20-11(21)10-2-1-5-22-10/h1-6,12,19H,(H,20,21). The summed E-state index contributed by atoms with van der Waals surface area (Å²) in [6.45, 7) is 0. The van der Waals surface area contributed by atoms with Crippen molar-refractivity contribution in [3.63, 3.8) is 0 Å². The number of carbonyl (C=O) groups excluding carboxylic acids is 1. The van der Waals surface area contributed by atoms with Crippen LogP contribution >= 0.6 is 69.3 Å². The van der Waals surface area contributed by atoms with Gasteiger partial charge >= 0.3 is 0 Å². The second kappa shape index (κ2) is 7.47. The van der Waals surface area contributed by atoms with Gasteiger partial charge in [0.1, 0.15) is 6.17 Å². The second-order valence-corrected chi connectivity index (χ2v) is 8.35. The lowest BCUT2D eigenvalue weighted by molar-refractivity contribution is 0.0946. The van der Waals surface area contributed by atoms with Crippen LogP contribution in [0.1, 0.15) is 9.67 Å². The number of benzene rings is 1. The summed E-state index contributed by atoms with van der Waals surface area (Å²) in [6, 6.07) is 8.23. The first-order valence-electron chi connectivity index (χ1n) is 5.90. The van der Waals surface area contributed by atoms with Crippen LogP contribution in [-0.4, -0.2) is 15.9 Å². The zero-order chi connectivity index (χ0) is 16.3. The molecular formula is C13H9Cl5N2OS. The first kappa shape index (κ1) is 18.0. The van der Waals surface area contributed by atoms with E-state index in [9.17, 15) is 4.79 Å². The van der Waals surface area contributed by atoms with Gasteiger partial charge < -0.3 is 10.6 Å². The zero-order valence-corrected chi connectivity index (χ0v) is 15.3. The van der Waals surface area contributed by atoms with Gasteiger partial charge in [0.2, 0.25) is 3.79 Å². The van der Waals surface area contributed by atoms with Crippen LogP contribution < -0.4 is 10.6 Å². The predicted octanol–water partition coefficient (Wildman–Crippen LogP) is 5.59. The number of alkyl halides is 3. The molecule has 1 aromatic heterocycles. The third kappa shape index (κ3) is 4.82. The zero-order valence-electron chi connectivity index (χ0n) is 10.7. The molecule has 2 aromatic rings. The number of carbonyl (C=O) groups is 1. The Kier molecular flexibility index (Phi) is 6.11. The molecule has 118 valence electrons. The third-order valence-corrected chi connectivity index (χ3v) is 4.65. The fraction of sp³-hybridized carbons (Fsp3) is 0.154. The van der Waals surface area contributed by atoms with Crippen molar-refractivity contribution in [2.45, 2.75) is 9.96 Å². The number of nitrogens with one attached hydrogen (secondary N) is 2. The minimum Gasteiger partial charge on any atom is -0.361 e. The maximum atomic E-state index is 12.1. The van der Waals surface area contributed by atoms with Gasteiger partial charge in [-0.05, 0) is 29.6 Å². The van der Waals surface area contributed by atoms with E-state index in [1.54, 1.807) is 35.7 Å². The quantitative estimate of drug-likeness (QED) is 0.502. The lowest BCUT2D eigenvalue weighted by Gasteiger charge is -2.27. The summed E-state index contributed by atoms with van der Waals surface area (Å²) in [4.78, 5) is 12.6. The van der Waals surface area contributed by atoms with E-state index < -0.39 is 9.96 Å². The Morgan fingerprint density at radius 2 is 1.91 bits per heavy atom. The molecule has 0 bridgehead atoms. The molecule has 0 aliphatic rings. The molecule has 0 fully saturated rings. The highest BCUT2D eigenvalue weighted by molar-refractivity contribution is 7.12. The van der Waals surface area contributed by atoms with Gasteiger partial charge in [-0.25, -0.2) is 0 Å². The smallest absolute Gasteiger partial charge is 0.263 e. The minimum atomic E-state index is -1.78. The van der Waals surface area contributed by atoms with Gasteiger partial charge in [-0.3, -0.25) is 4.79 Å². The average molecular weight is 419 g/mol. The van der Waals surface area contributed by atoms with E-state index in [1.165, 1.54) is 11.3 Å². The van der Waals surface area contributed by atoms with Crippen LogP contribution in [0.25, 0.3) is 0 Å². The summed E-state index contributed by atoms with van der Waals surface area (Å²) in [5, 5.41) is 8.12. The van der Waals surface area contributed by atoms with Crippen molar-refractivity contribution in [2.75, 3.05) is 5.32 Å². The summed E-state index contributed by atoms with van der Waals surface area (Å²) >= 11 is 31.0. The van der Waals surface area contributed by atoms with Gasteiger partial charge in [0.15, 0.2) is 0 Å². The van der Waals surface area contributed by atoms with E-state index in [-0.39, 0.29) is 5.91 Å². The number of thiophene rings is 1. The predicted molar refractivity (Wildman–Crippen MR) is 95.9 cm³/mol. The Bertz CT molecular complexity index is 657. The highest BCUT2D eigenvalue weighted by atomic mass is 35.6. The summed E-state index contributed by atoms with van der Waals surface area (Å²) in [6.07, 6.45) is -0.981. The molecule has 9 heteroatoms. The minimum absolute atomic E-state index is 0.345. The van der Waals surface area contributed by atoms with Gasteiger partial charge in [-0.15, -0.1) is 11.3 Å². The van der Waals surface area contributed by atoms with E-state index in [4.69, 9.17) is 58.0 Å². The molecule has 0 aliphatic carbocycles. The first-order chi connectivity index (χ1) is 10.3. The first-order valence-corrected chi connectivity index (χ1v) is 8.67. The van der Waals surface area contributed by atoms with Crippen LogP contribution in [0.3, 0.4) is 0 Å². The molecule has 0 saturated heterocycles. The van der Waals surface area contributed by atoms with E-state index in [0.29, 0.717) is 20.6 Å². The van der Waals surface area contributed by atoms with Gasteiger partial charge in [-0.1, -0.05) is 64.1 Å². The Labute approximate surface area is 156 Å². The highest BCUT2D eigenvalue weighted by Crippen LogP contribution is 2.33. The molecule has 22 heavy (non-hydrogen) atoms. The van der Waals surface area contributed by atoms with Crippen LogP contribution in [0.2, 0.25) is 10.0 Å². The highest BCUT2D eigenvalue weighted by Gasteiger charge is 2.34. The van der Waals surface area contributed by atoms with Crippen LogP contribution in [0.5, 0.6) is 0 Å². The van der Waals surface area contributed by atoms with Crippen molar-refractivity contribution in [1.29, 1.82) is 0 Å². The molecule has 2 N–H and O–H groups in total. The lowest BCUT2D eigenvalue weighted by Crippen LogP contribution is -2.49. The molecule has 1 amide bonds. The summed E-state index contributed by atoms with van der Waals surface area (Å²) in [5.41, 5.74) is 0.480. The van der Waals surface area contributed by atoms with E-state index in [1.807, 2.05) is 0 Å². The van der Waals surface area contributed by atoms with Crippen LogP contribution in [0.15, 0.2) is 35.7 Å². The fourth-order valence-electron chi connectivity index (χ4n) is 1.57. The monoisotopic (exact) mass is 416 g/mol. The van der Waals surface area contributed by atoms with Crippen molar-refractivity contribution in [1.82, 2.24) is 5.32 Å². The molecule has 1 heterocycles. The van der Waals surface area contributed by atoms with Crippen LogP contribution in [-0.2, 0) is 0 Å². The van der Waals surface area contributed by atoms with Crippen LogP contribution in [0.4, 0.5) is 5.69 Å². The number of amides is 1. The van der Waals surface area contributed by atoms with Gasteiger partial charge in [0.05, 0.1) is 15.6 Å². The average Bonchev–Trinajstić information content (AvgIpc) is 2.93. The molecular weight excluding hydrogens is 409 g/mol. The lowest BCUT2D eigenvalue weighted by atomic mass is 10.3. The summed E-state index contributed by atoms with van der Waals surface area (Å²) in [7, 11) is 0. The Morgan fingerprint density at radius 3 is 2.45 bits per heavy atom.